The summed E-state index contributed by atoms with van der Waals surface area (Å²) in [5, 5.41) is 24.0. The first-order chi connectivity index (χ1) is 8.74. The number of amides is 1. The lowest BCUT2D eigenvalue weighted by atomic mass is 10.2. The third-order valence-electron chi connectivity index (χ3n) is 2.00. The van der Waals surface area contributed by atoms with E-state index in [1.54, 1.807) is 20.8 Å². The van der Waals surface area contributed by atoms with Crippen LogP contribution >= 0.6 is 0 Å². The van der Waals surface area contributed by atoms with Crippen molar-refractivity contribution in [3.8, 4) is 0 Å². The molecule has 0 aromatic carbocycles. The van der Waals surface area contributed by atoms with Crippen LogP contribution in [0, 0.1) is 0 Å². The Morgan fingerprint density at radius 1 is 1.47 bits per heavy atom. The maximum atomic E-state index is 11.6. The number of hydrogen-bond donors (Lipinski definition) is 3. The fourth-order valence-corrected chi connectivity index (χ4v) is 1.34. The Hall–Kier alpha value is -2.09. The number of nitrogens with one attached hydrogen (secondary N) is 1. The molecule has 0 bridgehead atoms. The van der Waals surface area contributed by atoms with Gasteiger partial charge in [0.25, 0.3) is 0 Å². The summed E-state index contributed by atoms with van der Waals surface area (Å²) in [6, 6.07) is 0. The fourth-order valence-electron chi connectivity index (χ4n) is 1.34. The number of hydrogen-bond acceptors (Lipinski definition) is 5. The number of carboxylic acids is 1. The second kappa shape index (κ2) is 5.70. The highest BCUT2D eigenvalue weighted by Crippen LogP contribution is 2.17. The number of nitrogens with zero attached hydrogens (tertiary/aromatic N) is 2. The maximum absolute atomic E-state index is 11.6. The number of ether oxygens (including phenoxy) is 1. The zero-order valence-electron chi connectivity index (χ0n) is 11.0. The number of rotatable bonds is 4. The Kier molecular flexibility index (Phi) is 4.49. The molecule has 106 valence electrons. The summed E-state index contributed by atoms with van der Waals surface area (Å²) in [6.45, 7) is 4.91. The number of aliphatic hydroxyl groups is 1. The fraction of sp³-hybridized carbons (Fsp3) is 0.545. The van der Waals surface area contributed by atoms with Gasteiger partial charge in [-0.2, -0.15) is 5.10 Å². The molecule has 19 heavy (non-hydrogen) atoms. The van der Waals surface area contributed by atoms with E-state index in [-0.39, 0.29) is 24.5 Å². The summed E-state index contributed by atoms with van der Waals surface area (Å²) in [6.07, 6.45) is 0.319. The molecule has 0 saturated heterocycles. The summed E-state index contributed by atoms with van der Waals surface area (Å²) in [4.78, 5) is 22.6. The molecule has 0 radical (unpaired) electrons. The minimum absolute atomic E-state index is 0.0178. The van der Waals surface area contributed by atoms with Gasteiger partial charge >= 0.3 is 12.1 Å². The van der Waals surface area contributed by atoms with Crippen LogP contribution in [0.2, 0.25) is 0 Å². The van der Waals surface area contributed by atoms with Gasteiger partial charge in [0.2, 0.25) is 0 Å². The van der Waals surface area contributed by atoms with E-state index in [9.17, 15) is 9.59 Å². The lowest BCUT2D eigenvalue weighted by Crippen LogP contribution is -2.28. The van der Waals surface area contributed by atoms with Gasteiger partial charge in [-0.25, -0.2) is 14.3 Å². The molecule has 1 amide bonds. The number of carbonyl (C=O) groups is 2. The second-order valence-corrected chi connectivity index (χ2v) is 4.79. The molecule has 1 heterocycles. The van der Waals surface area contributed by atoms with E-state index in [4.69, 9.17) is 14.9 Å². The van der Waals surface area contributed by atoms with Gasteiger partial charge in [0, 0.05) is 0 Å². The minimum atomic E-state index is -1.23. The largest absolute Gasteiger partial charge is 0.477 e. The van der Waals surface area contributed by atoms with Crippen LogP contribution < -0.4 is 5.32 Å². The van der Waals surface area contributed by atoms with Crippen molar-refractivity contribution in [3.63, 3.8) is 0 Å². The number of anilines is 1. The smallest absolute Gasteiger partial charge is 0.413 e. The molecule has 3 N–H and O–H groups in total. The van der Waals surface area contributed by atoms with Crippen LogP contribution in [0.4, 0.5) is 10.6 Å². The zero-order chi connectivity index (χ0) is 14.6. The van der Waals surface area contributed by atoms with E-state index in [2.05, 4.69) is 10.4 Å². The number of carbonyl (C=O) groups excluding carboxylic acids is 1. The van der Waals surface area contributed by atoms with Crippen molar-refractivity contribution in [1.29, 1.82) is 0 Å². The van der Waals surface area contributed by atoms with Crippen molar-refractivity contribution >= 4 is 17.9 Å². The lowest BCUT2D eigenvalue weighted by molar-refractivity contribution is 0.0634. The van der Waals surface area contributed by atoms with Crippen LogP contribution in [0.25, 0.3) is 0 Å². The topological polar surface area (TPSA) is 114 Å². The standard InChI is InChI=1S/C11H17N3O5/c1-11(2,3)19-10(18)13-8-7(9(16)17)6-12-14(8)4-5-15/h6,15H,4-5H2,1-3H3,(H,13,18)(H,16,17). The van der Waals surface area contributed by atoms with Gasteiger partial charge in [0.1, 0.15) is 17.0 Å². The van der Waals surface area contributed by atoms with Crippen molar-refractivity contribution < 1.29 is 24.5 Å². The summed E-state index contributed by atoms with van der Waals surface area (Å²) < 4.78 is 6.22. The van der Waals surface area contributed by atoms with Gasteiger partial charge in [-0.15, -0.1) is 0 Å². The summed E-state index contributed by atoms with van der Waals surface area (Å²) in [5.74, 6) is -1.24. The van der Waals surface area contributed by atoms with Crippen LogP contribution in [-0.2, 0) is 11.3 Å². The minimum Gasteiger partial charge on any atom is -0.477 e. The lowest BCUT2D eigenvalue weighted by Gasteiger charge is -2.20. The Bertz CT molecular complexity index is 475. The SMILES string of the molecule is CC(C)(C)OC(=O)Nc1c(C(=O)O)cnn1CCO. The predicted molar refractivity (Wildman–Crippen MR) is 66.1 cm³/mol. The predicted octanol–water partition coefficient (Wildman–Crippen LogP) is 0.921. The second-order valence-electron chi connectivity index (χ2n) is 4.79. The first-order valence-corrected chi connectivity index (χ1v) is 5.64. The number of aromatic nitrogens is 2. The number of aromatic carboxylic acids is 1. The Labute approximate surface area is 110 Å². The van der Waals surface area contributed by atoms with Crippen LogP contribution in [-0.4, -0.2) is 44.3 Å². The highest BCUT2D eigenvalue weighted by molar-refractivity contribution is 5.97. The molecule has 0 unspecified atom stereocenters. The quantitative estimate of drug-likeness (QED) is 0.750. The van der Waals surface area contributed by atoms with E-state index in [0.29, 0.717) is 0 Å². The third-order valence-corrected chi connectivity index (χ3v) is 2.00. The molecule has 0 fully saturated rings. The van der Waals surface area contributed by atoms with Gasteiger partial charge < -0.3 is 14.9 Å². The number of aliphatic hydroxyl groups excluding tert-OH is 1. The Morgan fingerprint density at radius 3 is 2.58 bits per heavy atom. The van der Waals surface area contributed by atoms with Crippen molar-refractivity contribution in [1.82, 2.24) is 9.78 Å². The van der Waals surface area contributed by atoms with E-state index in [0.717, 1.165) is 6.20 Å². The molecule has 8 nitrogen and oxygen atoms in total. The van der Waals surface area contributed by atoms with Crippen molar-refractivity contribution in [3.05, 3.63) is 11.8 Å². The number of carboxylic acid groups (broad SMARTS) is 1. The molecular weight excluding hydrogens is 254 g/mol. The van der Waals surface area contributed by atoms with E-state index in [1.807, 2.05) is 0 Å². The molecule has 0 aliphatic heterocycles. The van der Waals surface area contributed by atoms with Crippen LogP contribution in [0.1, 0.15) is 31.1 Å². The van der Waals surface area contributed by atoms with E-state index < -0.39 is 17.7 Å². The van der Waals surface area contributed by atoms with E-state index >= 15 is 0 Å². The molecule has 0 atom stereocenters. The van der Waals surface area contributed by atoms with Gasteiger partial charge in [-0.3, -0.25) is 5.32 Å². The molecule has 1 aromatic heterocycles. The Balaban J connectivity index is 2.94. The molecule has 0 aliphatic rings. The normalized spacial score (nSPS) is 11.2. The molecule has 0 spiro atoms. The monoisotopic (exact) mass is 271 g/mol. The van der Waals surface area contributed by atoms with Gasteiger partial charge in [0.05, 0.1) is 19.3 Å². The molecule has 0 saturated carbocycles. The van der Waals surface area contributed by atoms with Crippen molar-refractivity contribution in [2.45, 2.75) is 32.9 Å². The zero-order valence-corrected chi connectivity index (χ0v) is 11.0. The average molecular weight is 271 g/mol. The molecular formula is C11H17N3O5. The molecule has 0 aliphatic carbocycles. The molecule has 1 rings (SSSR count). The van der Waals surface area contributed by atoms with Crippen LogP contribution in [0.15, 0.2) is 6.20 Å². The average Bonchev–Trinajstić information content (AvgIpc) is 2.59. The first-order valence-electron chi connectivity index (χ1n) is 5.64. The Morgan fingerprint density at radius 2 is 2.11 bits per heavy atom. The van der Waals surface area contributed by atoms with Gasteiger partial charge in [-0.1, -0.05) is 0 Å². The first kappa shape index (κ1) is 15.0. The van der Waals surface area contributed by atoms with E-state index in [1.165, 1.54) is 4.68 Å². The summed E-state index contributed by atoms with van der Waals surface area (Å²) in [5.41, 5.74) is -0.866. The summed E-state index contributed by atoms with van der Waals surface area (Å²) in [7, 11) is 0. The summed E-state index contributed by atoms with van der Waals surface area (Å²) >= 11 is 0. The highest BCUT2D eigenvalue weighted by atomic mass is 16.6. The van der Waals surface area contributed by atoms with Crippen LogP contribution in [0.5, 0.6) is 0 Å². The molecule has 8 heteroatoms. The van der Waals surface area contributed by atoms with Crippen molar-refractivity contribution in [2.75, 3.05) is 11.9 Å². The third kappa shape index (κ3) is 4.25. The maximum Gasteiger partial charge on any atom is 0.413 e. The van der Waals surface area contributed by atoms with Crippen molar-refractivity contribution in [2.24, 2.45) is 0 Å². The highest BCUT2D eigenvalue weighted by Gasteiger charge is 2.22. The van der Waals surface area contributed by atoms with Crippen LogP contribution in [0.3, 0.4) is 0 Å². The van der Waals surface area contributed by atoms with Gasteiger partial charge in [-0.05, 0) is 20.8 Å². The molecule has 1 aromatic rings. The van der Waals surface area contributed by atoms with Gasteiger partial charge in [0.15, 0.2) is 0 Å².